The Hall–Kier alpha value is -2.78. The fourth-order valence-electron chi connectivity index (χ4n) is 2.41. The molecule has 0 fully saturated rings. The number of hydrogen-bond acceptors (Lipinski definition) is 6. The number of carbonyl (C=O) groups excluding carboxylic acids is 2. The molecule has 0 bridgehead atoms. The maximum Gasteiger partial charge on any atom is 0.328 e. The van der Waals surface area contributed by atoms with E-state index in [4.69, 9.17) is 6.11 Å². The van der Waals surface area contributed by atoms with Crippen LogP contribution in [0.4, 0.5) is 0 Å². The zero-order chi connectivity index (χ0) is 21.6. The molecule has 1 unspecified atom stereocenters. The van der Waals surface area contributed by atoms with Crippen LogP contribution in [0.5, 0.6) is 0 Å². The second-order valence-electron chi connectivity index (χ2n) is 6.11. The van der Waals surface area contributed by atoms with E-state index in [-0.39, 0.29) is 11.3 Å². The summed E-state index contributed by atoms with van der Waals surface area (Å²) in [6, 6.07) is 8.35. The van der Waals surface area contributed by atoms with Crippen molar-refractivity contribution < 1.29 is 24.1 Å². The molecule has 1 N–H and O–H groups in total. The fraction of sp³-hybridized carbons (Fsp3) is 0.316. The number of ether oxygens (including phenoxy) is 1. The van der Waals surface area contributed by atoms with Gasteiger partial charge in [0.05, 0.1) is 19.9 Å². The number of rotatable bonds is 8. The Kier molecular flexibility index (Phi) is 6.72. The molecule has 0 radical (unpaired) electrons. The molecule has 0 spiro atoms. The van der Waals surface area contributed by atoms with E-state index in [1.807, 2.05) is 6.92 Å². The number of sulfonamides is 1. The number of hydrogen-bond donors (Lipinski definition) is 1. The molecule has 1 aromatic heterocycles. The zero-order valence-corrected chi connectivity index (χ0v) is 16.6. The van der Waals surface area contributed by atoms with Gasteiger partial charge >= 0.3 is 5.97 Å². The average Bonchev–Trinajstić information content (AvgIpc) is 2.72. The molecular weight excluding hydrogens is 382 g/mol. The Morgan fingerprint density at radius 3 is 2.39 bits per heavy atom. The van der Waals surface area contributed by atoms with Crippen LogP contribution in [0.15, 0.2) is 53.7 Å². The highest BCUT2D eigenvalue weighted by Gasteiger charge is 2.26. The van der Waals surface area contributed by atoms with Gasteiger partial charge in [-0.2, -0.15) is 4.31 Å². The predicted molar refractivity (Wildman–Crippen MR) is 103 cm³/mol. The summed E-state index contributed by atoms with van der Waals surface area (Å²) < 4.78 is 38.8. The van der Waals surface area contributed by atoms with E-state index in [1.165, 1.54) is 19.2 Å². The SMILES string of the molecule is [2H]C(C(=O)N[C@@H](Cc1ccncc1)C(=O)OC)N(C)S(=O)(=O)c1ccc(C)cc1. The summed E-state index contributed by atoms with van der Waals surface area (Å²) in [5.74, 6) is -1.64. The van der Waals surface area contributed by atoms with Crippen molar-refractivity contribution in [2.24, 2.45) is 0 Å². The molecule has 1 amide bonds. The molecule has 0 saturated carbocycles. The van der Waals surface area contributed by atoms with Gasteiger partial charge in [0.25, 0.3) is 0 Å². The third-order valence-corrected chi connectivity index (χ3v) is 5.72. The standard InChI is InChI=1S/C19H23N3O5S/c1-14-4-6-16(7-5-14)28(25,26)22(2)13-18(23)21-17(19(24)27-3)12-15-8-10-20-11-9-15/h4-11,17H,12-13H2,1-3H3,(H,21,23)/t17-/m0/s1/i13D/t13?,17-. The highest BCUT2D eigenvalue weighted by molar-refractivity contribution is 7.89. The Labute approximate surface area is 166 Å². The molecule has 28 heavy (non-hydrogen) atoms. The largest absolute Gasteiger partial charge is 0.467 e. The van der Waals surface area contributed by atoms with Gasteiger partial charge in [-0.15, -0.1) is 0 Å². The van der Waals surface area contributed by atoms with Crippen LogP contribution in [0.25, 0.3) is 0 Å². The second kappa shape index (κ2) is 9.43. The first kappa shape index (κ1) is 20.0. The summed E-state index contributed by atoms with van der Waals surface area (Å²) in [7, 11) is -1.74. The molecule has 2 aromatic rings. The van der Waals surface area contributed by atoms with Crippen LogP contribution in [0.2, 0.25) is 0 Å². The highest BCUT2D eigenvalue weighted by Crippen LogP contribution is 2.14. The quantitative estimate of drug-likeness (QED) is 0.654. The van der Waals surface area contributed by atoms with Gasteiger partial charge in [-0.3, -0.25) is 9.78 Å². The Balaban J connectivity index is 2.15. The van der Waals surface area contributed by atoms with Gasteiger partial charge in [0.1, 0.15) is 6.04 Å². The van der Waals surface area contributed by atoms with Crippen molar-refractivity contribution in [3.8, 4) is 0 Å². The lowest BCUT2D eigenvalue weighted by Crippen LogP contribution is -2.47. The molecule has 150 valence electrons. The molecule has 0 aliphatic heterocycles. The molecule has 0 aliphatic rings. The van der Waals surface area contributed by atoms with Crippen molar-refractivity contribution in [1.29, 1.82) is 0 Å². The molecule has 1 heterocycles. The zero-order valence-electron chi connectivity index (χ0n) is 16.8. The number of esters is 1. The summed E-state index contributed by atoms with van der Waals surface area (Å²) in [5, 5.41) is 2.40. The maximum absolute atomic E-state index is 12.7. The number of likely N-dealkylation sites (N-methyl/N-ethyl adjacent to an activating group) is 1. The van der Waals surface area contributed by atoms with Crippen LogP contribution in [0.1, 0.15) is 12.5 Å². The number of methoxy groups -OCH3 is 1. The van der Waals surface area contributed by atoms with Gasteiger partial charge in [-0.1, -0.05) is 17.7 Å². The number of aromatic nitrogens is 1. The fourth-order valence-corrected chi connectivity index (χ4v) is 3.46. The van der Waals surface area contributed by atoms with Crippen molar-refractivity contribution in [3.05, 3.63) is 59.9 Å². The number of benzene rings is 1. The van der Waals surface area contributed by atoms with Crippen molar-refractivity contribution in [3.63, 3.8) is 0 Å². The summed E-state index contributed by atoms with van der Waals surface area (Å²) in [6.45, 7) is 0.0299. The van der Waals surface area contributed by atoms with Crippen LogP contribution in [0, 0.1) is 6.92 Å². The van der Waals surface area contributed by atoms with Crippen LogP contribution in [-0.2, 0) is 30.8 Å². The van der Waals surface area contributed by atoms with E-state index in [9.17, 15) is 18.0 Å². The van der Waals surface area contributed by atoms with E-state index in [0.717, 1.165) is 18.2 Å². The molecule has 8 nitrogen and oxygen atoms in total. The van der Waals surface area contributed by atoms with Gasteiger partial charge < -0.3 is 10.1 Å². The summed E-state index contributed by atoms with van der Waals surface area (Å²) >= 11 is 0. The Morgan fingerprint density at radius 1 is 1.21 bits per heavy atom. The predicted octanol–water partition coefficient (Wildman–Crippen LogP) is 0.911. The topological polar surface area (TPSA) is 106 Å². The van der Waals surface area contributed by atoms with Crippen LogP contribution >= 0.6 is 0 Å². The lowest BCUT2D eigenvalue weighted by molar-refractivity contribution is -0.145. The van der Waals surface area contributed by atoms with Crippen molar-refractivity contribution in [2.75, 3.05) is 20.7 Å². The molecular formula is C19H23N3O5S. The number of nitrogens with zero attached hydrogens (tertiary/aromatic N) is 2. The summed E-state index contributed by atoms with van der Waals surface area (Å²) in [4.78, 5) is 28.4. The lowest BCUT2D eigenvalue weighted by Gasteiger charge is -2.20. The van der Waals surface area contributed by atoms with Crippen LogP contribution in [0.3, 0.4) is 0 Å². The minimum Gasteiger partial charge on any atom is -0.467 e. The van der Waals surface area contributed by atoms with Crippen molar-refractivity contribution in [1.82, 2.24) is 14.6 Å². The van der Waals surface area contributed by atoms with Gasteiger partial charge in [-0.05, 0) is 36.8 Å². The number of amides is 1. The minimum atomic E-state index is -4.06. The smallest absolute Gasteiger partial charge is 0.328 e. The summed E-state index contributed by atoms with van der Waals surface area (Å²) in [6.07, 6.45) is 3.20. The van der Waals surface area contributed by atoms with E-state index in [0.29, 0.717) is 4.31 Å². The third kappa shape index (κ3) is 5.61. The molecule has 9 heteroatoms. The Morgan fingerprint density at radius 2 is 1.82 bits per heavy atom. The molecule has 0 saturated heterocycles. The van der Waals surface area contributed by atoms with Crippen LogP contribution < -0.4 is 5.32 Å². The van der Waals surface area contributed by atoms with Gasteiger partial charge in [-0.25, -0.2) is 13.2 Å². The molecule has 0 aliphatic carbocycles. The summed E-state index contributed by atoms with van der Waals surface area (Å²) in [5.41, 5.74) is 1.60. The van der Waals surface area contributed by atoms with Crippen LogP contribution in [-0.4, -0.2) is 56.3 Å². The Bertz CT molecular complexity index is 952. The van der Waals surface area contributed by atoms with Crippen molar-refractivity contribution in [2.45, 2.75) is 24.3 Å². The molecule has 2 rings (SSSR count). The van der Waals surface area contributed by atoms with E-state index < -0.39 is 34.5 Å². The van der Waals surface area contributed by atoms with E-state index >= 15 is 0 Å². The number of nitrogens with one attached hydrogen (secondary N) is 1. The second-order valence-corrected chi connectivity index (χ2v) is 8.10. The lowest BCUT2D eigenvalue weighted by atomic mass is 10.1. The number of aryl methyl sites for hydroxylation is 1. The molecule has 2 atom stereocenters. The first-order valence-electron chi connectivity index (χ1n) is 8.98. The van der Waals surface area contributed by atoms with Gasteiger partial charge in [0.2, 0.25) is 15.9 Å². The van der Waals surface area contributed by atoms with Gasteiger partial charge in [0.15, 0.2) is 0 Å². The third-order valence-electron chi connectivity index (χ3n) is 3.99. The van der Waals surface area contributed by atoms with E-state index in [1.54, 1.807) is 36.7 Å². The van der Waals surface area contributed by atoms with E-state index in [2.05, 4.69) is 10.3 Å². The first-order chi connectivity index (χ1) is 13.7. The molecule has 1 aromatic carbocycles. The first-order valence-corrected chi connectivity index (χ1v) is 9.85. The minimum absolute atomic E-state index is 0.0306. The number of carbonyl (C=O) groups is 2. The normalized spacial score (nSPS) is 14.1. The van der Waals surface area contributed by atoms with Crippen molar-refractivity contribution >= 4 is 21.9 Å². The number of pyridine rings is 1. The van der Waals surface area contributed by atoms with Gasteiger partial charge in [0, 0.05) is 25.9 Å². The monoisotopic (exact) mass is 406 g/mol. The average molecular weight is 406 g/mol. The highest BCUT2D eigenvalue weighted by atomic mass is 32.2. The maximum atomic E-state index is 12.7.